The third-order valence-electron chi connectivity index (χ3n) is 6.07. The summed E-state index contributed by atoms with van der Waals surface area (Å²) in [5, 5.41) is 20.1. The van der Waals surface area contributed by atoms with E-state index in [1.165, 1.54) is 103 Å². The van der Waals surface area contributed by atoms with Crippen LogP contribution in [0.3, 0.4) is 0 Å². The van der Waals surface area contributed by atoms with E-state index in [1.807, 2.05) is 0 Å². The zero-order chi connectivity index (χ0) is 23.2. The van der Waals surface area contributed by atoms with E-state index in [0.717, 1.165) is 25.7 Å². The maximum Gasteiger partial charge on any atom is 0.141 e. The molecule has 0 rings (SSSR count). The zero-order valence-corrected chi connectivity index (χ0v) is 21.4. The third kappa shape index (κ3) is 19.3. The van der Waals surface area contributed by atoms with Crippen molar-refractivity contribution in [1.82, 2.24) is 0 Å². The molecule has 0 aromatic heterocycles. The molecular weight excluding hydrogens is 384 g/mol. The van der Waals surface area contributed by atoms with Crippen LogP contribution < -0.4 is 0 Å². The molecule has 3 heteroatoms. The number of aliphatic hydroxyl groups excluding tert-OH is 2. The molecule has 0 spiro atoms. The Morgan fingerprint density at radius 1 is 0.452 bits per heavy atom. The van der Waals surface area contributed by atoms with E-state index in [1.54, 1.807) is 13.8 Å². The van der Waals surface area contributed by atoms with Crippen LogP contribution in [0.25, 0.3) is 0 Å². The molecule has 3 nitrogen and oxygen atoms in total. The molecule has 31 heavy (non-hydrogen) atoms. The van der Waals surface area contributed by atoms with Gasteiger partial charge in [-0.25, -0.2) is 0 Å². The quantitative estimate of drug-likeness (QED) is 0.130. The van der Waals surface area contributed by atoms with Gasteiger partial charge in [0, 0.05) is 12.8 Å². The van der Waals surface area contributed by atoms with E-state index in [-0.39, 0.29) is 11.5 Å². The summed E-state index contributed by atoms with van der Waals surface area (Å²) in [4.78, 5) is 0. The predicted molar refractivity (Wildman–Crippen MR) is 135 cm³/mol. The molecule has 0 aliphatic rings. The average molecular weight is 439 g/mol. The molecule has 0 bridgehead atoms. The molecule has 2 N–H and O–H groups in total. The molecule has 0 aromatic rings. The van der Waals surface area contributed by atoms with Crippen molar-refractivity contribution >= 4 is 0 Å². The number of allylic oxidation sites excluding steroid dienone is 4. The van der Waals surface area contributed by atoms with Crippen LogP contribution in [0, 0.1) is 0 Å². The topological polar surface area (TPSA) is 49.7 Å². The Morgan fingerprint density at radius 2 is 0.710 bits per heavy atom. The molecule has 0 amide bonds. The lowest BCUT2D eigenvalue weighted by Gasteiger charge is -2.15. The first kappa shape index (κ1) is 29.9. The van der Waals surface area contributed by atoms with Gasteiger partial charge in [0.25, 0.3) is 0 Å². The van der Waals surface area contributed by atoms with E-state index in [4.69, 9.17) is 4.74 Å². The molecule has 0 heterocycles. The van der Waals surface area contributed by atoms with Crippen molar-refractivity contribution < 1.29 is 14.9 Å². The third-order valence-corrected chi connectivity index (χ3v) is 6.07. The van der Waals surface area contributed by atoms with Gasteiger partial charge in [-0.3, -0.25) is 0 Å². The minimum atomic E-state index is 0.241. The van der Waals surface area contributed by atoms with E-state index < -0.39 is 0 Å². The number of hydrogen-bond donors (Lipinski definition) is 2. The second-order valence-corrected chi connectivity index (χ2v) is 9.28. The number of hydrogen-bond acceptors (Lipinski definition) is 3. The average Bonchev–Trinajstić information content (AvgIpc) is 2.74. The van der Waals surface area contributed by atoms with Gasteiger partial charge in [0.1, 0.15) is 23.0 Å². The first-order chi connectivity index (χ1) is 15.0. The number of unbranched alkanes of at least 4 members (excludes halogenated alkanes) is 16. The molecule has 0 aliphatic carbocycles. The van der Waals surface area contributed by atoms with Crippen molar-refractivity contribution in [2.75, 3.05) is 0 Å². The summed E-state index contributed by atoms with van der Waals surface area (Å²) in [5.74, 6) is 1.74. The van der Waals surface area contributed by atoms with Gasteiger partial charge in [0.2, 0.25) is 0 Å². The van der Waals surface area contributed by atoms with Gasteiger partial charge < -0.3 is 14.9 Å². The van der Waals surface area contributed by atoms with E-state index in [0.29, 0.717) is 11.5 Å². The standard InChI is InChI=1S/C28H54O3/c1-5-7-9-11-13-15-17-19-21-23-27(25(3)29)31-28(26(4)30)24-22-20-18-16-14-12-10-8-6-2/h29-30H,5-24H2,1-4H3/b27-25-,28-26-. The number of ether oxygens (including phenoxy) is 1. The van der Waals surface area contributed by atoms with Crippen molar-refractivity contribution in [2.45, 2.75) is 156 Å². The van der Waals surface area contributed by atoms with E-state index in [9.17, 15) is 10.2 Å². The van der Waals surface area contributed by atoms with Crippen LogP contribution in [0.4, 0.5) is 0 Å². The fourth-order valence-corrected chi connectivity index (χ4v) is 3.95. The van der Waals surface area contributed by atoms with Crippen LogP contribution in [0.5, 0.6) is 0 Å². The van der Waals surface area contributed by atoms with Crippen molar-refractivity contribution in [3.63, 3.8) is 0 Å². The van der Waals surface area contributed by atoms with Gasteiger partial charge in [-0.15, -0.1) is 0 Å². The van der Waals surface area contributed by atoms with Crippen molar-refractivity contribution in [2.24, 2.45) is 0 Å². The highest BCUT2D eigenvalue weighted by atomic mass is 16.5. The van der Waals surface area contributed by atoms with Crippen LogP contribution in [0.2, 0.25) is 0 Å². The summed E-state index contributed by atoms with van der Waals surface area (Å²) in [7, 11) is 0. The molecular formula is C28H54O3. The molecule has 184 valence electrons. The summed E-state index contributed by atoms with van der Waals surface area (Å²) in [6, 6.07) is 0. The Hall–Kier alpha value is -1.12. The van der Waals surface area contributed by atoms with Crippen LogP contribution in [-0.2, 0) is 4.74 Å². The Balaban J connectivity index is 4.05. The fraction of sp³-hybridized carbons (Fsp3) is 0.857. The Labute approximate surface area is 194 Å². The predicted octanol–water partition coefficient (Wildman–Crippen LogP) is 10.4. The maximum atomic E-state index is 10.0. The van der Waals surface area contributed by atoms with Gasteiger partial charge in [0.05, 0.1) is 0 Å². The first-order valence-electron chi connectivity index (χ1n) is 13.5. The summed E-state index contributed by atoms with van der Waals surface area (Å²) in [6.07, 6.45) is 24.5. The normalized spacial score (nSPS) is 13.2. The largest absolute Gasteiger partial charge is 0.509 e. The highest BCUT2D eigenvalue weighted by molar-refractivity contribution is 5.06. The lowest BCUT2D eigenvalue weighted by Crippen LogP contribution is -2.00. The van der Waals surface area contributed by atoms with Crippen LogP contribution in [-0.4, -0.2) is 10.2 Å². The summed E-state index contributed by atoms with van der Waals surface area (Å²) in [5.41, 5.74) is 0. The van der Waals surface area contributed by atoms with Crippen LogP contribution >= 0.6 is 0 Å². The molecule has 0 saturated carbocycles. The fourth-order valence-electron chi connectivity index (χ4n) is 3.95. The Kier molecular flexibility index (Phi) is 21.3. The van der Waals surface area contributed by atoms with Gasteiger partial charge in [-0.2, -0.15) is 0 Å². The monoisotopic (exact) mass is 438 g/mol. The summed E-state index contributed by atoms with van der Waals surface area (Å²) < 4.78 is 5.98. The molecule has 0 aromatic carbocycles. The minimum Gasteiger partial charge on any atom is -0.509 e. The zero-order valence-electron chi connectivity index (χ0n) is 21.4. The molecule has 0 radical (unpaired) electrons. The summed E-state index contributed by atoms with van der Waals surface area (Å²) >= 11 is 0. The molecule has 0 aliphatic heterocycles. The first-order valence-corrected chi connectivity index (χ1v) is 13.5. The van der Waals surface area contributed by atoms with E-state index in [2.05, 4.69) is 13.8 Å². The van der Waals surface area contributed by atoms with Crippen molar-refractivity contribution in [1.29, 1.82) is 0 Å². The summed E-state index contributed by atoms with van der Waals surface area (Å²) in [6.45, 7) is 7.88. The highest BCUT2D eigenvalue weighted by Crippen LogP contribution is 2.23. The van der Waals surface area contributed by atoms with Crippen molar-refractivity contribution in [3.8, 4) is 0 Å². The molecule has 0 fully saturated rings. The lowest BCUT2D eigenvalue weighted by atomic mass is 10.1. The Morgan fingerprint density at radius 3 is 0.968 bits per heavy atom. The SMILES string of the molecule is CCCCCCCCCCC/C(O/C(CCCCCCCCCCC)=C(/C)O)=C(\C)O. The molecule has 0 unspecified atom stereocenters. The van der Waals surface area contributed by atoms with Gasteiger partial charge >= 0.3 is 0 Å². The number of aliphatic hydroxyl groups is 2. The minimum absolute atomic E-state index is 0.241. The number of rotatable bonds is 22. The van der Waals surface area contributed by atoms with Gasteiger partial charge in [0.15, 0.2) is 0 Å². The smallest absolute Gasteiger partial charge is 0.141 e. The highest BCUT2D eigenvalue weighted by Gasteiger charge is 2.11. The molecule has 0 atom stereocenters. The Bertz CT molecular complexity index is 415. The molecule has 0 saturated heterocycles. The van der Waals surface area contributed by atoms with Gasteiger partial charge in [-0.05, 0) is 26.7 Å². The second kappa shape index (κ2) is 22.1. The maximum absolute atomic E-state index is 10.0. The van der Waals surface area contributed by atoms with Crippen molar-refractivity contribution in [3.05, 3.63) is 23.0 Å². The second-order valence-electron chi connectivity index (χ2n) is 9.28. The van der Waals surface area contributed by atoms with Gasteiger partial charge in [-0.1, -0.05) is 117 Å². The van der Waals surface area contributed by atoms with E-state index >= 15 is 0 Å². The van der Waals surface area contributed by atoms with Crippen LogP contribution in [0.1, 0.15) is 156 Å². The lowest BCUT2D eigenvalue weighted by molar-refractivity contribution is 0.216. The van der Waals surface area contributed by atoms with Crippen LogP contribution in [0.15, 0.2) is 23.0 Å².